The number of rotatable bonds is 8. The van der Waals surface area contributed by atoms with Crippen molar-refractivity contribution in [3.8, 4) is 11.5 Å². The van der Waals surface area contributed by atoms with Crippen molar-refractivity contribution in [2.24, 2.45) is 0 Å². The number of nitrogens with zero attached hydrogens (tertiary/aromatic N) is 2. The summed E-state index contributed by atoms with van der Waals surface area (Å²) < 4.78 is 10.7. The molecule has 0 bridgehead atoms. The van der Waals surface area contributed by atoms with Crippen LogP contribution >= 0.6 is 0 Å². The maximum atomic E-state index is 12.7. The smallest absolute Gasteiger partial charge is 0.257 e. The maximum Gasteiger partial charge on any atom is 0.257 e. The second kappa shape index (κ2) is 9.15. The molecule has 6 nitrogen and oxygen atoms in total. The van der Waals surface area contributed by atoms with E-state index in [1.54, 1.807) is 21.9 Å². The van der Waals surface area contributed by atoms with Gasteiger partial charge in [-0.05, 0) is 39.8 Å². The SMILES string of the molecule is CCN(CC)C(=O)c1cc(OC)c(C(=O)N(CC)CC)cc1OC. The van der Waals surface area contributed by atoms with Gasteiger partial charge in [0.25, 0.3) is 11.8 Å². The standard InChI is InChI=1S/C18H28N2O4/c1-7-19(8-2)17(21)13-11-16(24-6)14(12-15(13)23-5)18(22)20(9-3)10-4/h11-12H,7-10H2,1-6H3. The minimum absolute atomic E-state index is 0.142. The Morgan fingerprint density at radius 3 is 1.25 bits per heavy atom. The molecule has 0 saturated heterocycles. The van der Waals surface area contributed by atoms with Crippen molar-refractivity contribution in [1.82, 2.24) is 9.80 Å². The second-order valence-corrected chi connectivity index (χ2v) is 5.21. The molecule has 0 spiro atoms. The third-order valence-corrected chi connectivity index (χ3v) is 4.08. The fourth-order valence-electron chi connectivity index (χ4n) is 2.59. The molecule has 6 heteroatoms. The van der Waals surface area contributed by atoms with E-state index in [2.05, 4.69) is 0 Å². The maximum absolute atomic E-state index is 12.7. The first kappa shape index (κ1) is 19.8. The molecule has 24 heavy (non-hydrogen) atoms. The number of methoxy groups -OCH3 is 2. The van der Waals surface area contributed by atoms with Crippen LogP contribution in [0.25, 0.3) is 0 Å². The van der Waals surface area contributed by atoms with E-state index >= 15 is 0 Å². The van der Waals surface area contributed by atoms with Crippen molar-refractivity contribution >= 4 is 11.8 Å². The van der Waals surface area contributed by atoms with Gasteiger partial charge in [0, 0.05) is 26.2 Å². The topological polar surface area (TPSA) is 59.1 Å². The molecule has 0 aromatic heterocycles. The molecule has 2 amide bonds. The van der Waals surface area contributed by atoms with E-state index < -0.39 is 0 Å². The summed E-state index contributed by atoms with van der Waals surface area (Å²) in [5.41, 5.74) is 0.795. The van der Waals surface area contributed by atoms with Gasteiger partial charge in [-0.2, -0.15) is 0 Å². The molecule has 0 N–H and O–H groups in total. The molecule has 1 rings (SSSR count). The number of hydrogen-bond donors (Lipinski definition) is 0. The molecule has 0 saturated carbocycles. The van der Waals surface area contributed by atoms with Crippen molar-refractivity contribution < 1.29 is 19.1 Å². The van der Waals surface area contributed by atoms with Crippen molar-refractivity contribution in [3.63, 3.8) is 0 Å². The van der Waals surface area contributed by atoms with Crippen LogP contribution in [0.5, 0.6) is 11.5 Å². The van der Waals surface area contributed by atoms with Gasteiger partial charge in [-0.15, -0.1) is 0 Å². The second-order valence-electron chi connectivity index (χ2n) is 5.21. The lowest BCUT2D eigenvalue weighted by Crippen LogP contribution is -2.32. The highest BCUT2D eigenvalue weighted by molar-refractivity contribution is 6.02. The van der Waals surface area contributed by atoms with Gasteiger partial charge in [0.05, 0.1) is 25.3 Å². The van der Waals surface area contributed by atoms with Crippen LogP contribution in [0.15, 0.2) is 12.1 Å². The number of benzene rings is 1. The summed E-state index contributed by atoms with van der Waals surface area (Å²) in [4.78, 5) is 28.7. The van der Waals surface area contributed by atoms with Crippen LogP contribution in [0.2, 0.25) is 0 Å². The number of hydrogen-bond acceptors (Lipinski definition) is 4. The highest BCUT2D eigenvalue weighted by atomic mass is 16.5. The summed E-state index contributed by atoms with van der Waals surface area (Å²) in [6, 6.07) is 3.19. The normalized spacial score (nSPS) is 10.2. The van der Waals surface area contributed by atoms with Gasteiger partial charge in [-0.25, -0.2) is 0 Å². The Balaban J connectivity index is 3.42. The largest absolute Gasteiger partial charge is 0.496 e. The molecule has 0 heterocycles. The lowest BCUT2D eigenvalue weighted by atomic mass is 10.1. The van der Waals surface area contributed by atoms with E-state index in [-0.39, 0.29) is 11.8 Å². The average molecular weight is 336 g/mol. The molecule has 0 radical (unpaired) electrons. The Hall–Kier alpha value is -2.24. The summed E-state index contributed by atoms with van der Waals surface area (Å²) in [5, 5.41) is 0. The molecule has 0 aliphatic rings. The zero-order chi connectivity index (χ0) is 18.3. The van der Waals surface area contributed by atoms with E-state index in [4.69, 9.17) is 9.47 Å². The first-order chi connectivity index (χ1) is 11.5. The van der Waals surface area contributed by atoms with Crippen LogP contribution in [0.3, 0.4) is 0 Å². The van der Waals surface area contributed by atoms with Crippen LogP contribution in [0, 0.1) is 0 Å². The summed E-state index contributed by atoms with van der Waals surface area (Å²) in [7, 11) is 2.99. The van der Waals surface area contributed by atoms with Gasteiger partial charge >= 0.3 is 0 Å². The summed E-state index contributed by atoms with van der Waals surface area (Å²) in [6.45, 7) is 10.1. The van der Waals surface area contributed by atoms with Crippen LogP contribution in [-0.4, -0.2) is 62.0 Å². The molecule has 0 fully saturated rings. The zero-order valence-electron chi connectivity index (χ0n) is 15.5. The van der Waals surface area contributed by atoms with Crippen LogP contribution < -0.4 is 9.47 Å². The van der Waals surface area contributed by atoms with Gasteiger partial charge in [0.2, 0.25) is 0 Å². The highest BCUT2D eigenvalue weighted by Crippen LogP contribution is 2.31. The third kappa shape index (κ3) is 3.99. The lowest BCUT2D eigenvalue weighted by Gasteiger charge is -2.23. The van der Waals surface area contributed by atoms with Gasteiger partial charge < -0.3 is 19.3 Å². The zero-order valence-corrected chi connectivity index (χ0v) is 15.5. The minimum Gasteiger partial charge on any atom is -0.496 e. The molecular formula is C18H28N2O4. The molecule has 1 aromatic carbocycles. The van der Waals surface area contributed by atoms with Gasteiger partial charge in [0.15, 0.2) is 0 Å². The van der Waals surface area contributed by atoms with Gasteiger partial charge in [-0.3, -0.25) is 9.59 Å². The molecule has 0 aliphatic heterocycles. The Labute approximate surface area is 144 Å². The fourth-order valence-corrected chi connectivity index (χ4v) is 2.59. The molecule has 0 unspecified atom stereocenters. The molecule has 0 aliphatic carbocycles. The van der Waals surface area contributed by atoms with Crippen LogP contribution in [0.4, 0.5) is 0 Å². The van der Waals surface area contributed by atoms with E-state index in [1.165, 1.54) is 14.2 Å². The van der Waals surface area contributed by atoms with Crippen molar-refractivity contribution in [3.05, 3.63) is 23.3 Å². The molecule has 1 aromatic rings. The van der Waals surface area contributed by atoms with E-state index in [1.807, 2.05) is 27.7 Å². The molecule has 134 valence electrons. The predicted molar refractivity (Wildman–Crippen MR) is 94.0 cm³/mol. The monoisotopic (exact) mass is 336 g/mol. The third-order valence-electron chi connectivity index (χ3n) is 4.08. The summed E-state index contributed by atoms with van der Waals surface area (Å²) >= 11 is 0. The van der Waals surface area contributed by atoms with Gasteiger partial charge in [0.1, 0.15) is 11.5 Å². The lowest BCUT2D eigenvalue weighted by molar-refractivity contribution is 0.0754. The summed E-state index contributed by atoms with van der Waals surface area (Å²) in [6.07, 6.45) is 0. The number of ether oxygens (including phenoxy) is 2. The Bertz CT molecular complexity index is 527. The van der Waals surface area contributed by atoms with Crippen LogP contribution in [0.1, 0.15) is 48.4 Å². The quantitative estimate of drug-likeness (QED) is 0.732. The van der Waals surface area contributed by atoms with Crippen LogP contribution in [-0.2, 0) is 0 Å². The average Bonchev–Trinajstić information content (AvgIpc) is 2.62. The van der Waals surface area contributed by atoms with Crippen molar-refractivity contribution in [2.75, 3.05) is 40.4 Å². The van der Waals surface area contributed by atoms with E-state index in [9.17, 15) is 9.59 Å². The highest BCUT2D eigenvalue weighted by Gasteiger charge is 2.24. The minimum atomic E-state index is -0.142. The predicted octanol–water partition coefficient (Wildman–Crippen LogP) is 2.67. The number of amides is 2. The fraction of sp³-hybridized carbons (Fsp3) is 0.556. The van der Waals surface area contributed by atoms with E-state index in [0.717, 1.165) is 0 Å². The van der Waals surface area contributed by atoms with Crippen molar-refractivity contribution in [1.29, 1.82) is 0 Å². The Morgan fingerprint density at radius 2 is 1.04 bits per heavy atom. The van der Waals surface area contributed by atoms with Crippen molar-refractivity contribution in [2.45, 2.75) is 27.7 Å². The number of carbonyl (C=O) groups excluding carboxylic acids is 2. The first-order valence-corrected chi connectivity index (χ1v) is 8.33. The van der Waals surface area contributed by atoms with E-state index in [0.29, 0.717) is 48.8 Å². The first-order valence-electron chi connectivity index (χ1n) is 8.33. The summed E-state index contributed by atoms with van der Waals surface area (Å²) in [5.74, 6) is 0.473. The number of carbonyl (C=O) groups is 2. The molecular weight excluding hydrogens is 308 g/mol. The molecule has 0 atom stereocenters. The Kier molecular flexibility index (Phi) is 7.55. The Morgan fingerprint density at radius 1 is 0.750 bits per heavy atom. The van der Waals surface area contributed by atoms with Gasteiger partial charge in [-0.1, -0.05) is 0 Å².